The third kappa shape index (κ3) is 2.28. The number of hydrogen-bond donors (Lipinski definition) is 2. The Hall–Kier alpha value is 0.470. The Morgan fingerprint density at radius 3 is 2.92 bits per heavy atom. The zero-order chi connectivity index (χ0) is 9.26. The third-order valence-electron chi connectivity index (χ3n) is 1.33. The molecule has 0 aromatic carbocycles. The molecule has 0 aliphatic carbocycles. The number of hydroxylamine groups is 1. The van der Waals surface area contributed by atoms with Crippen molar-refractivity contribution in [3.8, 4) is 0 Å². The molecule has 0 spiro atoms. The number of hydrogen-bond acceptors (Lipinski definition) is 7. The summed E-state index contributed by atoms with van der Waals surface area (Å²) in [5.74, 6) is 0.776. The highest BCUT2D eigenvalue weighted by Gasteiger charge is 2.12. The van der Waals surface area contributed by atoms with Gasteiger partial charge in [-0.15, -0.1) is 34.4 Å². The first-order chi connectivity index (χ1) is 6.29. The van der Waals surface area contributed by atoms with Crippen LogP contribution in [-0.4, -0.2) is 11.0 Å². The standard InChI is InChI=1S/C6H5NOS5/c8-7-3-1-10-4-5(11-2-3)13-6(9)12-4/h1,7-8H,2H2. The van der Waals surface area contributed by atoms with Crippen LogP contribution < -0.4 is 5.48 Å². The second kappa shape index (κ2) is 4.33. The Labute approximate surface area is 97.0 Å². The molecule has 13 heavy (non-hydrogen) atoms. The van der Waals surface area contributed by atoms with Gasteiger partial charge in [0.2, 0.25) is 0 Å². The van der Waals surface area contributed by atoms with Crippen LogP contribution in [0, 0.1) is 3.14 Å². The van der Waals surface area contributed by atoms with E-state index in [2.05, 4.69) is 5.48 Å². The second-order valence-electron chi connectivity index (χ2n) is 2.19. The van der Waals surface area contributed by atoms with E-state index in [1.54, 1.807) is 46.2 Å². The van der Waals surface area contributed by atoms with Crippen LogP contribution >= 0.6 is 58.4 Å². The number of thioether (sulfide) groups is 2. The molecule has 1 aliphatic heterocycles. The minimum Gasteiger partial charge on any atom is -0.291 e. The summed E-state index contributed by atoms with van der Waals surface area (Å²) in [7, 11) is 0. The van der Waals surface area contributed by atoms with Crippen LogP contribution in [-0.2, 0) is 0 Å². The van der Waals surface area contributed by atoms with Crippen LogP contribution in [0.4, 0.5) is 0 Å². The lowest BCUT2D eigenvalue weighted by Gasteiger charge is -1.99. The van der Waals surface area contributed by atoms with Crippen molar-refractivity contribution in [3.05, 3.63) is 14.2 Å². The lowest BCUT2D eigenvalue weighted by molar-refractivity contribution is 0.202. The molecule has 70 valence electrons. The molecule has 1 aliphatic rings. The smallest absolute Gasteiger partial charge is 0.145 e. The van der Waals surface area contributed by atoms with Gasteiger partial charge in [0.25, 0.3) is 0 Å². The zero-order valence-electron chi connectivity index (χ0n) is 6.27. The van der Waals surface area contributed by atoms with Crippen molar-refractivity contribution in [2.45, 2.75) is 8.42 Å². The molecule has 0 unspecified atom stereocenters. The van der Waals surface area contributed by atoms with Gasteiger partial charge in [0, 0.05) is 5.75 Å². The van der Waals surface area contributed by atoms with Crippen molar-refractivity contribution in [1.29, 1.82) is 0 Å². The van der Waals surface area contributed by atoms with Crippen LogP contribution in [0.3, 0.4) is 0 Å². The Balaban J connectivity index is 2.30. The van der Waals surface area contributed by atoms with E-state index in [1.807, 2.05) is 5.41 Å². The monoisotopic (exact) mass is 267 g/mol. The molecule has 0 radical (unpaired) electrons. The largest absolute Gasteiger partial charge is 0.291 e. The fourth-order valence-corrected chi connectivity index (χ4v) is 6.58. The van der Waals surface area contributed by atoms with Gasteiger partial charge < -0.3 is 0 Å². The molecule has 2 N–H and O–H groups in total. The molecule has 0 fully saturated rings. The van der Waals surface area contributed by atoms with Gasteiger partial charge in [-0.25, -0.2) is 0 Å². The maximum atomic E-state index is 8.73. The number of fused-ring (bicyclic) bond motifs is 1. The Morgan fingerprint density at radius 1 is 1.38 bits per heavy atom. The molecule has 7 heteroatoms. The summed E-state index contributed by atoms with van der Waals surface area (Å²) >= 11 is 11.7. The molecule has 2 heterocycles. The topological polar surface area (TPSA) is 32.3 Å². The summed E-state index contributed by atoms with van der Waals surface area (Å²) in [5.41, 5.74) is 3.03. The summed E-state index contributed by atoms with van der Waals surface area (Å²) in [4.78, 5) is 0. The normalized spacial score (nSPS) is 15.9. The SMILES string of the molecule is ONC1=CSc2sc(=S)sc2SC1. The summed E-state index contributed by atoms with van der Waals surface area (Å²) < 4.78 is 3.48. The lowest BCUT2D eigenvalue weighted by atomic mass is 10.6. The van der Waals surface area contributed by atoms with Crippen LogP contribution in [0.2, 0.25) is 0 Å². The Bertz CT molecular complexity index is 392. The quantitative estimate of drug-likeness (QED) is 0.600. The van der Waals surface area contributed by atoms with Gasteiger partial charge >= 0.3 is 0 Å². The lowest BCUT2D eigenvalue weighted by Crippen LogP contribution is -2.07. The molecule has 0 saturated heterocycles. The summed E-state index contributed by atoms with van der Waals surface area (Å²) in [6.07, 6.45) is 0. The van der Waals surface area contributed by atoms with E-state index in [-0.39, 0.29) is 0 Å². The van der Waals surface area contributed by atoms with Gasteiger partial charge in [0.1, 0.15) is 3.14 Å². The van der Waals surface area contributed by atoms with Crippen LogP contribution in [0.15, 0.2) is 19.5 Å². The van der Waals surface area contributed by atoms with E-state index in [9.17, 15) is 0 Å². The minimum atomic E-state index is 0.776. The predicted molar refractivity (Wildman–Crippen MR) is 62.6 cm³/mol. The average Bonchev–Trinajstić information content (AvgIpc) is 2.37. The summed E-state index contributed by atoms with van der Waals surface area (Å²) in [6.45, 7) is 0. The van der Waals surface area contributed by atoms with Crippen molar-refractivity contribution >= 4 is 58.4 Å². The Morgan fingerprint density at radius 2 is 2.15 bits per heavy atom. The fraction of sp³-hybridized carbons (Fsp3) is 0.167. The number of nitrogens with one attached hydrogen (secondary N) is 1. The van der Waals surface area contributed by atoms with Crippen molar-refractivity contribution in [3.63, 3.8) is 0 Å². The molecule has 0 bridgehead atoms. The van der Waals surface area contributed by atoms with Crippen molar-refractivity contribution in [1.82, 2.24) is 5.48 Å². The maximum Gasteiger partial charge on any atom is 0.145 e. The van der Waals surface area contributed by atoms with Crippen molar-refractivity contribution in [2.24, 2.45) is 0 Å². The van der Waals surface area contributed by atoms with Crippen LogP contribution in [0.1, 0.15) is 0 Å². The molecule has 0 saturated carbocycles. The van der Waals surface area contributed by atoms with E-state index in [0.717, 1.165) is 14.6 Å². The molecule has 1 aromatic rings. The van der Waals surface area contributed by atoms with Crippen molar-refractivity contribution < 1.29 is 5.21 Å². The Kier molecular flexibility index (Phi) is 3.33. The second-order valence-corrected chi connectivity index (χ2v) is 7.80. The highest BCUT2D eigenvalue weighted by atomic mass is 32.2. The average molecular weight is 267 g/mol. The molecule has 0 amide bonds. The first-order valence-corrected chi connectivity index (χ1v) is 7.23. The van der Waals surface area contributed by atoms with E-state index in [1.165, 1.54) is 8.42 Å². The highest BCUT2D eigenvalue weighted by Crippen LogP contribution is 2.43. The zero-order valence-corrected chi connectivity index (χ0v) is 10.4. The van der Waals surface area contributed by atoms with Crippen molar-refractivity contribution in [2.75, 3.05) is 5.75 Å². The first kappa shape index (κ1) is 10.0. The first-order valence-electron chi connectivity index (χ1n) is 3.32. The molecular formula is C6H5NOS5. The van der Waals surface area contributed by atoms with E-state index >= 15 is 0 Å². The molecule has 1 aromatic heterocycles. The van der Waals surface area contributed by atoms with Gasteiger partial charge in [-0.2, -0.15) is 0 Å². The minimum absolute atomic E-state index is 0.776. The number of rotatable bonds is 1. The van der Waals surface area contributed by atoms with E-state index in [4.69, 9.17) is 17.4 Å². The molecule has 0 atom stereocenters. The molecular weight excluding hydrogens is 262 g/mol. The van der Waals surface area contributed by atoms with Gasteiger partial charge in [-0.05, 0) is 5.41 Å². The van der Waals surface area contributed by atoms with Crippen LogP contribution in [0.5, 0.6) is 0 Å². The maximum absolute atomic E-state index is 8.73. The van der Waals surface area contributed by atoms with Crippen LogP contribution in [0.25, 0.3) is 0 Å². The molecule has 2 rings (SSSR count). The van der Waals surface area contributed by atoms with E-state index < -0.39 is 0 Å². The van der Waals surface area contributed by atoms with Gasteiger partial charge in [-0.3, -0.25) is 10.7 Å². The predicted octanol–water partition coefficient (Wildman–Crippen LogP) is 3.56. The fourth-order valence-electron chi connectivity index (χ4n) is 0.777. The third-order valence-corrected chi connectivity index (χ3v) is 6.84. The summed E-state index contributed by atoms with van der Waals surface area (Å²) in [5, 5.41) is 10.7. The van der Waals surface area contributed by atoms with Gasteiger partial charge in [-0.1, -0.05) is 24.0 Å². The van der Waals surface area contributed by atoms with Gasteiger partial charge in [0.05, 0.1) is 14.1 Å². The highest BCUT2D eigenvalue weighted by molar-refractivity contribution is 8.07. The summed E-state index contributed by atoms with van der Waals surface area (Å²) in [6, 6.07) is 0. The van der Waals surface area contributed by atoms with Gasteiger partial charge in [0.15, 0.2) is 0 Å². The van der Waals surface area contributed by atoms with E-state index in [0.29, 0.717) is 0 Å². The molecule has 2 nitrogen and oxygen atoms in total.